The highest BCUT2D eigenvalue weighted by Crippen LogP contribution is 2.30. The van der Waals surface area contributed by atoms with Crippen molar-refractivity contribution in [2.75, 3.05) is 12.8 Å². The third kappa shape index (κ3) is 7.54. The molecular formula is C26H36ClFN2O5S. The molecule has 36 heavy (non-hydrogen) atoms. The summed E-state index contributed by atoms with van der Waals surface area (Å²) in [6.45, 7) is 2.28. The summed E-state index contributed by atoms with van der Waals surface area (Å²) >= 11 is 7.56. The number of rotatable bonds is 9. The number of aliphatic hydroxyl groups is 3. The minimum atomic E-state index is -1.41. The van der Waals surface area contributed by atoms with Crippen LogP contribution in [0.2, 0.25) is 0 Å². The molecular weight excluding hydrogens is 507 g/mol. The summed E-state index contributed by atoms with van der Waals surface area (Å²) in [5.74, 6) is -0.478. The molecule has 7 nitrogen and oxygen atoms in total. The van der Waals surface area contributed by atoms with Gasteiger partial charge in [-0.3, -0.25) is 4.79 Å². The van der Waals surface area contributed by atoms with Crippen LogP contribution in [0.3, 0.4) is 0 Å². The normalized spacial score (nSPS) is 30.9. The van der Waals surface area contributed by atoms with Crippen LogP contribution in [0, 0.1) is 5.82 Å². The maximum atomic E-state index is 13.8. The molecule has 5 N–H and O–H groups in total. The van der Waals surface area contributed by atoms with Crippen LogP contribution in [-0.4, -0.2) is 81.3 Å². The minimum absolute atomic E-state index is 0.192. The molecule has 0 spiro atoms. The van der Waals surface area contributed by atoms with Crippen molar-refractivity contribution in [1.82, 2.24) is 10.6 Å². The van der Waals surface area contributed by atoms with Gasteiger partial charge in [0.1, 0.15) is 35.7 Å². The molecule has 0 aromatic heterocycles. The molecule has 3 unspecified atom stereocenters. The summed E-state index contributed by atoms with van der Waals surface area (Å²) in [7, 11) is 0. The largest absolute Gasteiger partial charge is 0.388 e. The smallest absolute Gasteiger partial charge is 0.237 e. The van der Waals surface area contributed by atoms with Gasteiger partial charge in [-0.15, -0.1) is 23.4 Å². The van der Waals surface area contributed by atoms with Crippen molar-refractivity contribution in [3.63, 3.8) is 0 Å². The maximum Gasteiger partial charge on any atom is 0.237 e. The average molecular weight is 543 g/mol. The van der Waals surface area contributed by atoms with Crippen molar-refractivity contribution in [2.24, 2.45) is 0 Å². The highest BCUT2D eigenvalue weighted by molar-refractivity contribution is 7.99. The van der Waals surface area contributed by atoms with Crippen LogP contribution in [0.1, 0.15) is 31.7 Å². The lowest BCUT2D eigenvalue weighted by molar-refractivity contribution is -0.205. The monoisotopic (exact) mass is 542 g/mol. The van der Waals surface area contributed by atoms with Crippen LogP contribution in [0.25, 0.3) is 0 Å². The molecule has 0 aliphatic carbocycles. The summed E-state index contributed by atoms with van der Waals surface area (Å²) in [6.07, 6.45) is 5.28. The molecule has 2 aliphatic rings. The first kappa shape index (κ1) is 29.1. The van der Waals surface area contributed by atoms with Crippen molar-refractivity contribution in [3.05, 3.63) is 59.4 Å². The molecule has 0 bridgehead atoms. The van der Waals surface area contributed by atoms with Gasteiger partial charge in [0.25, 0.3) is 0 Å². The number of halogens is 2. The van der Waals surface area contributed by atoms with Gasteiger partial charge in [-0.1, -0.05) is 42.0 Å². The van der Waals surface area contributed by atoms with Gasteiger partial charge >= 0.3 is 0 Å². The molecule has 8 atom stereocenters. The summed E-state index contributed by atoms with van der Waals surface area (Å²) in [6, 6.07) is 5.48. The molecule has 3 rings (SSSR count). The molecule has 200 valence electrons. The Balaban J connectivity index is 1.58. The van der Waals surface area contributed by atoms with Gasteiger partial charge in [-0.05, 0) is 57.0 Å². The van der Waals surface area contributed by atoms with Gasteiger partial charge in [-0.25, -0.2) is 4.39 Å². The molecule has 1 aromatic rings. The average Bonchev–Trinajstić information content (AvgIpc) is 3.11. The van der Waals surface area contributed by atoms with Crippen molar-refractivity contribution in [3.8, 4) is 0 Å². The quantitative estimate of drug-likeness (QED) is 0.304. The van der Waals surface area contributed by atoms with Crippen LogP contribution in [0.5, 0.6) is 0 Å². The Morgan fingerprint density at radius 2 is 2.06 bits per heavy atom. The minimum Gasteiger partial charge on any atom is -0.388 e. The standard InChI is InChI=1S/C26H36ClFN2O5S/c1-15(27)20(24-22(32)21(31)23(33)26(35-24)36-2)30-25(34)19-12-11-16(13-14-29-19)7-3-4-8-17-9-5-6-10-18(17)28/h3,5-7,9-11,15,19-24,26,29,31-33H,4,8,12-14H2,1-2H3,(H,30,34)/b7-3+/t15-,19-,20+,21?,22?,23+,24+,26?/m0/s1. The number of carbonyl (C=O) groups excluding carboxylic acids is 1. The highest BCUT2D eigenvalue weighted by Gasteiger charge is 2.48. The number of allylic oxidation sites excluding steroid dienone is 2. The predicted molar refractivity (Wildman–Crippen MR) is 140 cm³/mol. The third-order valence-corrected chi connectivity index (χ3v) is 7.73. The fourth-order valence-corrected chi connectivity index (χ4v) is 5.35. The summed E-state index contributed by atoms with van der Waals surface area (Å²) in [5.41, 5.74) is 1.03. The van der Waals surface area contributed by atoms with Crippen molar-refractivity contribution in [1.29, 1.82) is 0 Å². The number of hydrogen-bond acceptors (Lipinski definition) is 7. The van der Waals surface area contributed by atoms with E-state index < -0.39 is 47.3 Å². The van der Waals surface area contributed by atoms with E-state index in [0.29, 0.717) is 31.4 Å². The van der Waals surface area contributed by atoms with Crippen LogP contribution >= 0.6 is 23.4 Å². The molecule has 2 heterocycles. The molecule has 2 aliphatic heterocycles. The van der Waals surface area contributed by atoms with Crippen LogP contribution in [0.15, 0.2) is 48.1 Å². The van der Waals surface area contributed by atoms with Gasteiger partial charge in [0, 0.05) is 0 Å². The van der Waals surface area contributed by atoms with E-state index in [-0.39, 0.29) is 11.7 Å². The molecule has 0 saturated carbocycles. The number of aliphatic hydroxyl groups excluding tert-OH is 3. The third-order valence-electron chi connectivity index (χ3n) is 6.60. The summed E-state index contributed by atoms with van der Waals surface area (Å²) in [5, 5.41) is 36.4. The van der Waals surface area contributed by atoms with E-state index in [9.17, 15) is 24.5 Å². The fourth-order valence-electron chi connectivity index (χ4n) is 4.46. The van der Waals surface area contributed by atoms with E-state index in [1.165, 1.54) is 17.8 Å². The lowest BCUT2D eigenvalue weighted by atomic mass is 9.93. The Kier molecular flexibility index (Phi) is 11.2. The summed E-state index contributed by atoms with van der Waals surface area (Å²) in [4.78, 5) is 13.1. The second-order valence-electron chi connectivity index (χ2n) is 9.19. The van der Waals surface area contributed by atoms with Crippen molar-refractivity contribution < 1.29 is 29.2 Å². The maximum absolute atomic E-state index is 13.8. The number of amides is 1. The molecule has 1 aromatic carbocycles. The van der Waals surface area contributed by atoms with Crippen LogP contribution in [-0.2, 0) is 16.0 Å². The van der Waals surface area contributed by atoms with Crippen LogP contribution < -0.4 is 10.6 Å². The van der Waals surface area contributed by atoms with Gasteiger partial charge in [-0.2, -0.15) is 0 Å². The Hall–Kier alpha value is -1.46. The van der Waals surface area contributed by atoms with Gasteiger partial charge < -0.3 is 30.7 Å². The Bertz CT molecular complexity index is 931. The topological polar surface area (TPSA) is 111 Å². The zero-order valence-corrected chi connectivity index (χ0v) is 22.1. The Labute approximate surface area is 221 Å². The number of ether oxygens (including phenoxy) is 1. The van der Waals surface area contributed by atoms with Crippen LogP contribution in [0.4, 0.5) is 4.39 Å². The number of hydrogen-bond donors (Lipinski definition) is 5. The van der Waals surface area contributed by atoms with E-state index in [1.807, 2.05) is 24.3 Å². The molecule has 1 fully saturated rings. The second kappa shape index (κ2) is 13.9. The number of aryl methyl sites for hydroxylation is 1. The molecule has 0 radical (unpaired) electrons. The number of benzene rings is 1. The SMILES string of the molecule is CSC1O[C@H]([C@H](NC(=O)[C@@H]2CC=C(/C=C/CCc3ccccc3F)CCN2)[C@H](C)Cl)C(O)C(O)[C@H]1O. The molecule has 10 heteroatoms. The Morgan fingerprint density at radius 1 is 1.31 bits per heavy atom. The number of alkyl halides is 1. The van der Waals surface area contributed by atoms with Crippen molar-refractivity contribution in [2.45, 2.75) is 79.9 Å². The number of nitrogens with one attached hydrogen (secondary N) is 2. The van der Waals surface area contributed by atoms with E-state index >= 15 is 0 Å². The first-order chi connectivity index (χ1) is 17.2. The van der Waals surface area contributed by atoms with Gasteiger partial charge in [0.05, 0.1) is 17.5 Å². The Morgan fingerprint density at radius 3 is 2.75 bits per heavy atom. The summed E-state index contributed by atoms with van der Waals surface area (Å²) < 4.78 is 19.6. The number of carbonyl (C=O) groups is 1. The lowest BCUT2D eigenvalue weighted by Gasteiger charge is -2.44. The highest BCUT2D eigenvalue weighted by atomic mass is 35.5. The molecule has 1 saturated heterocycles. The van der Waals surface area contributed by atoms with Gasteiger partial charge in [0.15, 0.2) is 0 Å². The van der Waals surface area contributed by atoms with E-state index in [4.69, 9.17) is 16.3 Å². The van der Waals surface area contributed by atoms with E-state index in [0.717, 1.165) is 12.0 Å². The zero-order chi connectivity index (χ0) is 26.2. The van der Waals surface area contributed by atoms with E-state index in [1.54, 1.807) is 25.3 Å². The first-order valence-corrected chi connectivity index (χ1v) is 13.9. The number of thioether (sulfide) groups is 1. The zero-order valence-electron chi connectivity index (χ0n) is 20.5. The second-order valence-corrected chi connectivity index (χ2v) is 10.8. The van der Waals surface area contributed by atoms with Gasteiger partial charge in [0.2, 0.25) is 5.91 Å². The predicted octanol–water partition coefficient (Wildman–Crippen LogP) is 2.28. The first-order valence-electron chi connectivity index (χ1n) is 12.2. The van der Waals surface area contributed by atoms with E-state index in [2.05, 4.69) is 10.6 Å². The lowest BCUT2D eigenvalue weighted by Crippen LogP contribution is -2.65. The van der Waals surface area contributed by atoms with Crippen molar-refractivity contribution >= 4 is 29.3 Å². The molecule has 1 amide bonds. The fraction of sp³-hybridized carbons (Fsp3) is 0.577.